The van der Waals surface area contributed by atoms with Crippen LogP contribution in [0.25, 0.3) is 0 Å². The summed E-state index contributed by atoms with van der Waals surface area (Å²) in [5.41, 5.74) is 0.891. The van der Waals surface area contributed by atoms with E-state index in [1.54, 1.807) is 0 Å². The van der Waals surface area contributed by atoms with Gasteiger partial charge in [0.05, 0.1) is 0 Å². The summed E-state index contributed by atoms with van der Waals surface area (Å²) in [5.74, 6) is 6.05. The average molecular weight is 249 g/mol. The van der Waals surface area contributed by atoms with Crippen LogP contribution in [0.15, 0.2) is 36.4 Å². The lowest BCUT2D eigenvalue weighted by Crippen LogP contribution is -1.89. The summed E-state index contributed by atoms with van der Waals surface area (Å²) < 4.78 is 0. The predicted octanol–water partition coefficient (Wildman–Crippen LogP) is 3.18. The van der Waals surface area contributed by atoms with Crippen molar-refractivity contribution >= 4 is 23.2 Å². The van der Waals surface area contributed by atoms with E-state index in [0.29, 0.717) is 5.82 Å². The van der Waals surface area contributed by atoms with Gasteiger partial charge in [-0.1, -0.05) is 47.3 Å². The molecule has 1 heterocycles. The third-order valence-corrected chi connectivity index (χ3v) is 2.14. The van der Waals surface area contributed by atoms with Crippen LogP contribution in [-0.2, 0) is 0 Å². The normalized spacial score (nSPS) is 9.38. The Morgan fingerprint density at radius 1 is 0.875 bits per heavy atom. The van der Waals surface area contributed by atoms with E-state index in [1.807, 2.05) is 30.3 Å². The summed E-state index contributed by atoms with van der Waals surface area (Å²) >= 11 is 11.5. The van der Waals surface area contributed by atoms with E-state index < -0.39 is 0 Å². The molecule has 0 spiro atoms. The fourth-order valence-corrected chi connectivity index (χ4v) is 1.52. The monoisotopic (exact) mass is 248 g/mol. The molecule has 16 heavy (non-hydrogen) atoms. The van der Waals surface area contributed by atoms with E-state index in [9.17, 15) is 0 Å². The molecule has 0 aliphatic carbocycles. The van der Waals surface area contributed by atoms with Crippen LogP contribution in [0, 0.1) is 11.8 Å². The molecule has 2 rings (SSSR count). The van der Waals surface area contributed by atoms with Crippen molar-refractivity contribution in [2.45, 2.75) is 0 Å². The molecule has 0 fully saturated rings. The molecular formula is C12H6Cl2N2. The Morgan fingerprint density at radius 3 is 2.12 bits per heavy atom. The molecular weight excluding hydrogens is 243 g/mol. The van der Waals surface area contributed by atoms with Gasteiger partial charge in [0.2, 0.25) is 5.82 Å². The van der Waals surface area contributed by atoms with Gasteiger partial charge in [-0.25, -0.2) is 9.97 Å². The van der Waals surface area contributed by atoms with Gasteiger partial charge in [0, 0.05) is 11.6 Å². The van der Waals surface area contributed by atoms with E-state index in [2.05, 4.69) is 21.8 Å². The Bertz CT molecular complexity index is 536. The molecule has 0 bridgehead atoms. The molecule has 0 atom stereocenters. The molecule has 1 aromatic carbocycles. The first-order chi connectivity index (χ1) is 7.74. The van der Waals surface area contributed by atoms with Crippen molar-refractivity contribution in [1.82, 2.24) is 9.97 Å². The van der Waals surface area contributed by atoms with Crippen LogP contribution in [0.4, 0.5) is 0 Å². The smallest absolute Gasteiger partial charge is 0.208 e. The molecule has 0 amide bonds. The molecule has 1 aromatic heterocycles. The second-order valence-electron chi connectivity index (χ2n) is 2.95. The molecule has 78 valence electrons. The van der Waals surface area contributed by atoms with Crippen LogP contribution in [0.2, 0.25) is 10.3 Å². The third kappa shape index (κ3) is 2.96. The summed E-state index contributed by atoms with van der Waals surface area (Å²) in [7, 11) is 0. The van der Waals surface area contributed by atoms with E-state index in [1.165, 1.54) is 6.07 Å². The maximum Gasteiger partial charge on any atom is 0.208 e. The van der Waals surface area contributed by atoms with Crippen molar-refractivity contribution in [3.8, 4) is 11.8 Å². The number of nitrogens with zero attached hydrogens (tertiary/aromatic N) is 2. The SMILES string of the molecule is Clc1cc(Cl)nc(C#Cc2ccccc2)n1. The maximum absolute atomic E-state index is 5.73. The molecule has 0 aliphatic rings. The molecule has 0 saturated heterocycles. The summed E-state index contributed by atoms with van der Waals surface area (Å²) in [4.78, 5) is 7.89. The lowest BCUT2D eigenvalue weighted by molar-refractivity contribution is 1.13. The molecule has 0 unspecified atom stereocenters. The van der Waals surface area contributed by atoms with Gasteiger partial charge in [0.15, 0.2) is 0 Å². The summed E-state index contributed by atoms with van der Waals surface area (Å²) in [6.45, 7) is 0. The minimum absolute atomic E-state index is 0.289. The highest BCUT2D eigenvalue weighted by atomic mass is 35.5. The highest BCUT2D eigenvalue weighted by Crippen LogP contribution is 2.10. The second kappa shape index (κ2) is 4.98. The molecule has 4 heteroatoms. The summed E-state index contributed by atoms with van der Waals surface area (Å²) in [6, 6.07) is 11.0. The first-order valence-corrected chi connectivity index (χ1v) is 5.27. The molecule has 0 radical (unpaired) electrons. The number of rotatable bonds is 0. The van der Waals surface area contributed by atoms with Gasteiger partial charge in [-0.05, 0) is 18.1 Å². The van der Waals surface area contributed by atoms with Gasteiger partial charge < -0.3 is 0 Å². The Kier molecular flexibility index (Phi) is 3.40. The largest absolute Gasteiger partial charge is 0.209 e. The lowest BCUT2D eigenvalue weighted by atomic mass is 10.2. The van der Waals surface area contributed by atoms with Gasteiger partial charge >= 0.3 is 0 Å². The quantitative estimate of drug-likeness (QED) is 0.529. The van der Waals surface area contributed by atoms with Gasteiger partial charge in [-0.15, -0.1) is 0 Å². The molecule has 0 saturated carbocycles. The van der Waals surface area contributed by atoms with Gasteiger partial charge in [0.1, 0.15) is 10.3 Å². The highest BCUT2D eigenvalue weighted by molar-refractivity contribution is 6.33. The second-order valence-corrected chi connectivity index (χ2v) is 3.73. The van der Waals surface area contributed by atoms with Crippen molar-refractivity contribution in [1.29, 1.82) is 0 Å². The van der Waals surface area contributed by atoms with E-state index in [4.69, 9.17) is 23.2 Å². The number of aromatic nitrogens is 2. The van der Waals surface area contributed by atoms with E-state index in [0.717, 1.165) is 5.56 Å². The minimum atomic E-state index is 0.289. The maximum atomic E-state index is 5.73. The van der Waals surface area contributed by atoms with Crippen molar-refractivity contribution in [2.75, 3.05) is 0 Å². The van der Waals surface area contributed by atoms with Crippen LogP contribution in [0.1, 0.15) is 11.4 Å². The van der Waals surface area contributed by atoms with Crippen LogP contribution in [0.5, 0.6) is 0 Å². The summed E-state index contributed by atoms with van der Waals surface area (Å²) in [5, 5.41) is 0.578. The zero-order chi connectivity index (χ0) is 11.4. The summed E-state index contributed by atoms with van der Waals surface area (Å²) in [6.07, 6.45) is 0. The van der Waals surface area contributed by atoms with Crippen LogP contribution >= 0.6 is 23.2 Å². The minimum Gasteiger partial charge on any atom is -0.209 e. The molecule has 0 N–H and O–H groups in total. The van der Waals surface area contributed by atoms with Crippen molar-refractivity contribution in [3.05, 3.63) is 58.1 Å². The van der Waals surface area contributed by atoms with Crippen LogP contribution < -0.4 is 0 Å². The number of hydrogen-bond acceptors (Lipinski definition) is 2. The van der Waals surface area contributed by atoms with Gasteiger partial charge in [-0.3, -0.25) is 0 Å². The fraction of sp³-hybridized carbons (Fsp3) is 0. The molecule has 2 nitrogen and oxygen atoms in total. The number of benzene rings is 1. The standard InChI is InChI=1S/C12H6Cl2N2/c13-10-8-11(14)16-12(15-10)7-6-9-4-2-1-3-5-9/h1-5,8H. The van der Waals surface area contributed by atoms with E-state index >= 15 is 0 Å². The average Bonchev–Trinajstić information content (AvgIpc) is 2.27. The molecule has 0 aliphatic heterocycles. The first-order valence-electron chi connectivity index (χ1n) is 4.51. The zero-order valence-electron chi connectivity index (χ0n) is 8.11. The first kappa shape index (κ1) is 10.9. The van der Waals surface area contributed by atoms with Crippen LogP contribution in [0.3, 0.4) is 0 Å². The van der Waals surface area contributed by atoms with Crippen LogP contribution in [-0.4, -0.2) is 9.97 Å². The van der Waals surface area contributed by atoms with E-state index in [-0.39, 0.29) is 10.3 Å². The predicted molar refractivity (Wildman–Crippen MR) is 64.5 cm³/mol. The van der Waals surface area contributed by atoms with Gasteiger partial charge in [0.25, 0.3) is 0 Å². The third-order valence-electron chi connectivity index (χ3n) is 1.76. The topological polar surface area (TPSA) is 25.8 Å². The van der Waals surface area contributed by atoms with Crippen molar-refractivity contribution < 1.29 is 0 Å². The number of halogens is 2. The highest BCUT2D eigenvalue weighted by Gasteiger charge is 1.97. The fourth-order valence-electron chi connectivity index (χ4n) is 1.10. The lowest BCUT2D eigenvalue weighted by Gasteiger charge is -1.92. The molecule has 2 aromatic rings. The Labute approximate surface area is 103 Å². The van der Waals surface area contributed by atoms with Gasteiger partial charge in [-0.2, -0.15) is 0 Å². The Morgan fingerprint density at radius 2 is 1.50 bits per heavy atom. The van der Waals surface area contributed by atoms with Crippen molar-refractivity contribution in [2.24, 2.45) is 0 Å². The van der Waals surface area contributed by atoms with Crippen molar-refractivity contribution in [3.63, 3.8) is 0 Å². The number of hydrogen-bond donors (Lipinski definition) is 0. The zero-order valence-corrected chi connectivity index (χ0v) is 9.63. The Balaban J connectivity index is 2.31. The Hall–Kier alpha value is -1.56.